The molecule has 3 atom stereocenters. The third-order valence-electron chi connectivity index (χ3n) is 7.92. The lowest BCUT2D eigenvalue weighted by atomic mass is 9.79. The number of allylic oxidation sites excluding steroid dienone is 6. The highest BCUT2D eigenvalue weighted by molar-refractivity contribution is 5.06. The molecule has 0 N–H and O–H groups in total. The van der Waals surface area contributed by atoms with Crippen LogP contribution in [0.5, 0.6) is 0 Å². The molecule has 0 bridgehead atoms. The van der Waals surface area contributed by atoms with Crippen LogP contribution in [0.25, 0.3) is 0 Å². The first kappa shape index (κ1) is 27.4. The second-order valence-electron chi connectivity index (χ2n) is 12.1. The van der Waals surface area contributed by atoms with Crippen LogP contribution in [0.1, 0.15) is 120 Å². The van der Waals surface area contributed by atoms with Crippen molar-refractivity contribution in [2.75, 3.05) is 0 Å². The van der Waals surface area contributed by atoms with Gasteiger partial charge in [0.1, 0.15) is 0 Å². The van der Waals surface area contributed by atoms with Crippen LogP contribution >= 0.6 is 0 Å². The van der Waals surface area contributed by atoms with Crippen molar-refractivity contribution < 1.29 is 9.47 Å². The van der Waals surface area contributed by atoms with Gasteiger partial charge in [-0.05, 0) is 125 Å². The van der Waals surface area contributed by atoms with E-state index in [4.69, 9.17) is 9.47 Å². The fraction of sp³-hybridized carbons (Fsp3) is 0.800. The lowest BCUT2D eigenvalue weighted by Gasteiger charge is -2.44. The molecule has 2 aliphatic rings. The van der Waals surface area contributed by atoms with Crippen LogP contribution in [0.3, 0.4) is 0 Å². The molecule has 2 aliphatic carbocycles. The predicted octanol–water partition coefficient (Wildman–Crippen LogP) is 9.17. The van der Waals surface area contributed by atoms with Gasteiger partial charge in [0.15, 0.2) is 6.29 Å². The van der Waals surface area contributed by atoms with Crippen molar-refractivity contribution in [1.29, 1.82) is 0 Å². The van der Waals surface area contributed by atoms with E-state index in [1.807, 2.05) is 0 Å². The maximum Gasteiger partial charge on any atom is 0.159 e. The normalized spacial score (nSPS) is 23.6. The Balaban J connectivity index is 2.10. The second kappa shape index (κ2) is 12.0. The molecular formula is C30H52O2. The first-order valence-electron chi connectivity index (χ1n) is 13.2. The third-order valence-corrected chi connectivity index (χ3v) is 7.92. The van der Waals surface area contributed by atoms with Crippen molar-refractivity contribution in [3.63, 3.8) is 0 Å². The van der Waals surface area contributed by atoms with Crippen molar-refractivity contribution in [3.05, 3.63) is 34.9 Å². The van der Waals surface area contributed by atoms with Gasteiger partial charge in [-0.25, -0.2) is 0 Å². The average Bonchev–Trinajstić information content (AvgIpc) is 2.67. The lowest BCUT2D eigenvalue weighted by molar-refractivity contribution is -0.268. The van der Waals surface area contributed by atoms with E-state index in [-0.39, 0.29) is 17.5 Å². The van der Waals surface area contributed by atoms with Gasteiger partial charge in [0.25, 0.3) is 0 Å². The molecule has 32 heavy (non-hydrogen) atoms. The zero-order valence-corrected chi connectivity index (χ0v) is 22.7. The highest BCUT2D eigenvalue weighted by atomic mass is 16.7. The van der Waals surface area contributed by atoms with Crippen molar-refractivity contribution in [1.82, 2.24) is 0 Å². The monoisotopic (exact) mass is 444 g/mol. The van der Waals surface area contributed by atoms with E-state index in [9.17, 15) is 0 Å². The van der Waals surface area contributed by atoms with E-state index < -0.39 is 0 Å². The highest BCUT2D eigenvalue weighted by Crippen LogP contribution is 2.39. The smallest absolute Gasteiger partial charge is 0.159 e. The highest BCUT2D eigenvalue weighted by Gasteiger charge is 2.38. The molecule has 0 unspecified atom stereocenters. The summed E-state index contributed by atoms with van der Waals surface area (Å²) in [5.41, 5.74) is 4.10. The van der Waals surface area contributed by atoms with E-state index in [1.165, 1.54) is 48.8 Å². The molecule has 2 heteroatoms. The number of ether oxygens (including phenoxy) is 2. The first-order chi connectivity index (χ1) is 14.9. The van der Waals surface area contributed by atoms with E-state index in [1.54, 1.807) is 0 Å². The van der Waals surface area contributed by atoms with Gasteiger partial charge in [-0.3, -0.25) is 0 Å². The maximum absolute atomic E-state index is 6.88. The number of rotatable bonds is 11. The van der Waals surface area contributed by atoms with E-state index in [0.717, 1.165) is 25.7 Å². The van der Waals surface area contributed by atoms with E-state index in [2.05, 4.69) is 80.5 Å². The van der Waals surface area contributed by atoms with Gasteiger partial charge in [0, 0.05) is 6.42 Å². The van der Waals surface area contributed by atoms with Crippen LogP contribution in [-0.2, 0) is 9.47 Å². The molecule has 0 amide bonds. The Morgan fingerprint density at radius 3 is 1.78 bits per heavy atom. The van der Waals surface area contributed by atoms with Gasteiger partial charge < -0.3 is 9.47 Å². The summed E-state index contributed by atoms with van der Waals surface area (Å²) in [5, 5.41) is 0. The Hall–Kier alpha value is -0.860. The van der Waals surface area contributed by atoms with Gasteiger partial charge in [-0.2, -0.15) is 0 Å². The van der Waals surface area contributed by atoms with Crippen molar-refractivity contribution in [2.45, 2.75) is 138 Å². The predicted molar refractivity (Wildman–Crippen MR) is 139 cm³/mol. The molecule has 0 spiro atoms. The Kier molecular flexibility index (Phi) is 10.3. The van der Waals surface area contributed by atoms with Crippen LogP contribution in [0.2, 0.25) is 0 Å². The molecule has 184 valence electrons. The van der Waals surface area contributed by atoms with Gasteiger partial charge in [-0.1, -0.05) is 41.9 Å². The van der Waals surface area contributed by atoms with Gasteiger partial charge in [0.2, 0.25) is 0 Å². The Morgan fingerprint density at radius 1 is 0.938 bits per heavy atom. The molecule has 0 heterocycles. The maximum atomic E-state index is 6.88. The minimum Gasteiger partial charge on any atom is -0.346 e. The Labute approximate surface area is 199 Å². The Bertz CT molecular complexity index is 631. The average molecular weight is 445 g/mol. The zero-order valence-electron chi connectivity index (χ0n) is 22.7. The van der Waals surface area contributed by atoms with Crippen molar-refractivity contribution in [3.8, 4) is 0 Å². The van der Waals surface area contributed by atoms with Crippen LogP contribution in [0, 0.1) is 17.8 Å². The van der Waals surface area contributed by atoms with Crippen molar-refractivity contribution >= 4 is 0 Å². The van der Waals surface area contributed by atoms with Crippen LogP contribution in [0.15, 0.2) is 34.9 Å². The third kappa shape index (κ3) is 8.82. The van der Waals surface area contributed by atoms with Crippen LogP contribution in [-0.4, -0.2) is 17.5 Å². The molecule has 0 saturated carbocycles. The summed E-state index contributed by atoms with van der Waals surface area (Å²) in [6.07, 6.45) is 17.4. The van der Waals surface area contributed by atoms with Crippen LogP contribution < -0.4 is 0 Å². The molecule has 0 aromatic carbocycles. The summed E-state index contributed by atoms with van der Waals surface area (Å²) < 4.78 is 13.8. The molecular weight excluding hydrogens is 392 g/mol. The number of hydrogen-bond acceptors (Lipinski definition) is 2. The molecule has 0 saturated heterocycles. The minimum absolute atomic E-state index is 0.152. The summed E-state index contributed by atoms with van der Waals surface area (Å²) in [5.74, 6) is 1.69. The molecule has 0 fully saturated rings. The van der Waals surface area contributed by atoms with Gasteiger partial charge in [-0.15, -0.1) is 0 Å². The second-order valence-corrected chi connectivity index (χ2v) is 12.1. The molecule has 0 aliphatic heterocycles. The topological polar surface area (TPSA) is 18.5 Å². The standard InChI is InChI=1S/C30H52O2/c1-22(2)11-10-12-25(5)21-28(31-29(6,7)26-17-13-23(3)14-18-26)32-30(8,9)27-19-15-24(4)16-20-27/h11,13,15,25-28H,10,12,14,16-21H2,1-9H3/t25-,26+,27+/m0/s1. The summed E-state index contributed by atoms with van der Waals surface area (Å²) >= 11 is 0. The van der Waals surface area contributed by atoms with E-state index in [0.29, 0.717) is 17.8 Å². The van der Waals surface area contributed by atoms with Crippen LogP contribution in [0.4, 0.5) is 0 Å². The van der Waals surface area contributed by atoms with Gasteiger partial charge >= 0.3 is 0 Å². The largest absolute Gasteiger partial charge is 0.346 e. The molecule has 2 rings (SSSR count). The molecule has 0 aromatic rings. The fourth-order valence-electron chi connectivity index (χ4n) is 5.29. The van der Waals surface area contributed by atoms with Gasteiger partial charge in [0.05, 0.1) is 11.2 Å². The molecule has 0 radical (unpaired) electrons. The Morgan fingerprint density at radius 2 is 1.41 bits per heavy atom. The molecule has 2 nitrogen and oxygen atoms in total. The molecule has 0 aromatic heterocycles. The zero-order chi connectivity index (χ0) is 23.9. The SMILES string of the molecule is CC(C)=CCC[C@H](C)CC(OC(C)(C)[C@@H]1CC=C(C)CC1)OC(C)(C)[C@@H]1CC=C(C)CC1. The summed E-state index contributed by atoms with van der Waals surface area (Å²) in [7, 11) is 0. The fourth-order valence-corrected chi connectivity index (χ4v) is 5.29. The summed E-state index contributed by atoms with van der Waals surface area (Å²) in [4.78, 5) is 0. The number of hydrogen-bond donors (Lipinski definition) is 0. The quantitative estimate of drug-likeness (QED) is 0.233. The first-order valence-corrected chi connectivity index (χ1v) is 13.2. The summed E-state index contributed by atoms with van der Waals surface area (Å²) in [6.45, 7) is 20.4. The lowest BCUT2D eigenvalue weighted by Crippen LogP contribution is -2.45. The summed E-state index contributed by atoms with van der Waals surface area (Å²) in [6, 6.07) is 0. The minimum atomic E-state index is -0.180. The van der Waals surface area contributed by atoms with Crippen molar-refractivity contribution in [2.24, 2.45) is 17.8 Å². The van der Waals surface area contributed by atoms with E-state index >= 15 is 0 Å².